The highest BCUT2D eigenvalue weighted by Gasteiger charge is 2.18. The van der Waals surface area contributed by atoms with E-state index < -0.39 is 0 Å². The first kappa shape index (κ1) is 37.1. The molecule has 4 aromatic heterocycles. The molecule has 4 heterocycles. The number of rotatable bonds is 6. The molecule has 0 aliphatic carbocycles. The van der Waals surface area contributed by atoms with Gasteiger partial charge in [0.25, 0.3) is 0 Å². The Morgan fingerprint density at radius 2 is 1.50 bits per heavy atom. The van der Waals surface area contributed by atoms with Crippen LogP contribution < -0.4 is 11.6 Å². The molecule has 0 saturated heterocycles. The third-order valence-electron chi connectivity index (χ3n) is 5.01. The maximum Gasteiger partial charge on any atom is 0.204 e. The summed E-state index contributed by atoms with van der Waals surface area (Å²) in [4.78, 5) is 0. The van der Waals surface area contributed by atoms with Gasteiger partial charge in [-0.25, -0.2) is 4.52 Å². The molecule has 0 spiro atoms. The molecular weight excluding hydrogens is 628 g/mol. The average molecular weight is 659 g/mol. The van der Waals surface area contributed by atoms with Gasteiger partial charge in [-0.2, -0.15) is 15.7 Å². The number of hydrogen-bond acceptors (Lipinski definition) is 7. The maximum absolute atomic E-state index is 6.00. The summed E-state index contributed by atoms with van der Waals surface area (Å²) in [7, 11) is 0. The van der Waals surface area contributed by atoms with Crippen molar-refractivity contribution in [2.45, 2.75) is 0 Å². The Labute approximate surface area is 294 Å². The van der Waals surface area contributed by atoms with Crippen LogP contribution in [0, 0.1) is 113 Å². The minimum absolute atomic E-state index is 0. The molecular formula is C36H30N14. The maximum atomic E-state index is 6.00. The molecule has 4 rings (SSSR count). The van der Waals surface area contributed by atoms with E-state index in [1.54, 1.807) is 10.6 Å². The minimum Gasteiger partial charge on any atom is -0.384 e. The summed E-state index contributed by atoms with van der Waals surface area (Å²) in [5.41, 5.74) is 16.3. The lowest BCUT2D eigenvalue weighted by molar-refractivity contribution is 0.806. The molecule has 0 aromatic carbocycles. The predicted molar refractivity (Wildman–Crippen MR) is 200 cm³/mol. The van der Waals surface area contributed by atoms with E-state index in [1.807, 2.05) is 42.6 Å². The van der Waals surface area contributed by atoms with Crippen molar-refractivity contribution in [3.05, 3.63) is 67.5 Å². The van der Waals surface area contributed by atoms with E-state index in [9.17, 15) is 0 Å². The zero-order valence-corrected chi connectivity index (χ0v) is 25.8. The summed E-state index contributed by atoms with van der Waals surface area (Å²) < 4.78 is 1.79. The van der Waals surface area contributed by atoms with Crippen molar-refractivity contribution in [1.29, 1.82) is 5.53 Å². The molecule has 0 fully saturated rings. The second-order valence-electron chi connectivity index (χ2n) is 8.00. The Morgan fingerprint density at radius 3 is 2.04 bits per heavy atom. The van der Waals surface area contributed by atoms with Crippen molar-refractivity contribution in [3.8, 4) is 119 Å². The quantitative estimate of drug-likeness (QED) is 0.0724. The molecule has 4 aromatic rings. The zero-order valence-electron chi connectivity index (χ0n) is 25.8. The molecule has 14 nitrogen and oxygen atoms in total. The number of fused-ring (bicyclic) bond motifs is 2. The van der Waals surface area contributed by atoms with E-state index in [4.69, 9.17) is 24.1 Å². The highest BCUT2D eigenvalue weighted by molar-refractivity contribution is 5.94. The Morgan fingerprint density at radius 1 is 0.900 bits per heavy atom. The molecule has 0 amide bonds. The van der Waals surface area contributed by atoms with Gasteiger partial charge in [-0.05, 0) is 139 Å². The van der Waals surface area contributed by atoms with Crippen LogP contribution in [0.25, 0.3) is 33.4 Å². The number of nitrogen functional groups attached to an aromatic ring is 1. The fraction of sp³-hybridized carbons (Fsp3) is 0. The topological polar surface area (TPSA) is 209 Å². The van der Waals surface area contributed by atoms with Crippen molar-refractivity contribution in [3.63, 3.8) is 0 Å². The molecule has 0 unspecified atom stereocenters. The number of H-pyrrole nitrogens is 1. The van der Waals surface area contributed by atoms with Gasteiger partial charge in [-0.3, -0.25) is 5.10 Å². The largest absolute Gasteiger partial charge is 0.384 e. The van der Waals surface area contributed by atoms with Crippen molar-refractivity contribution >= 4 is 27.9 Å². The second kappa shape index (κ2) is 22.4. The number of nitrogens with one attached hydrogen (secondary N) is 2. The number of aromatic nitrogens is 6. The van der Waals surface area contributed by atoms with Crippen LogP contribution in [0.2, 0.25) is 0 Å². The Kier molecular flexibility index (Phi) is 16.6. The van der Waals surface area contributed by atoms with Gasteiger partial charge in [-0.15, -0.1) is 23.0 Å². The van der Waals surface area contributed by atoms with Crippen LogP contribution in [0.3, 0.4) is 0 Å². The van der Waals surface area contributed by atoms with E-state index in [0.717, 1.165) is 27.7 Å². The lowest BCUT2D eigenvalue weighted by Crippen LogP contribution is -1.92. The number of aromatic amines is 1. The number of terminal acetylenes is 2. The van der Waals surface area contributed by atoms with Crippen molar-refractivity contribution in [1.82, 2.24) is 30.0 Å². The molecule has 244 valence electrons. The molecule has 6 N–H and O–H groups in total. The summed E-state index contributed by atoms with van der Waals surface area (Å²) in [6, 6.07) is 7.70. The van der Waals surface area contributed by atoms with Crippen LogP contribution in [0.4, 0.5) is 5.82 Å². The summed E-state index contributed by atoms with van der Waals surface area (Å²) in [6.45, 7) is 7.80. The molecule has 0 bridgehead atoms. The molecule has 14 heteroatoms. The highest BCUT2D eigenvalue weighted by Crippen LogP contribution is 2.32. The summed E-state index contributed by atoms with van der Waals surface area (Å²) >= 11 is 0. The summed E-state index contributed by atoms with van der Waals surface area (Å²) in [5.74, 6) is 43.2. The third-order valence-corrected chi connectivity index (χ3v) is 5.01. The minimum atomic E-state index is 0. The number of hydrogen-bond donors (Lipinski definition) is 4. The van der Waals surface area contributed by atoms with Crippen molar-refractivity contribution in [2.75, 3.05) is 5.73 Å². The van der Waals surface area contributed by atoms with Gasteiger partial charge in [0.1, 0.15) is 11.5 Å². The number of anilines is 1. The SMILES string of the molecule is C#CC#CC#CC#CC#CC#CC#CC#CC#C.C=C/C=C\C(=C)c1nn2ccccc2c1-c1cc2c(N)[nH]nc2nn1.N=N/N=N/N=N/N.[HH].[HH].[HH].[HH].[HH]. The van der Waals surface area contributed by atoms with Crippen molar-refractivity contribution < 1.29 is 7.13 Å². The molecule has 0 aliphatic rings. The van der Waals surface area contributed by atoms with Crippen LogP contribution >= 0.6 is 0 Å². The number of nitrogens with zero attached hydrogens (tertiary/aromatic N) is 10. The van der Waals surface area contributed by atoms with Crippen LogP contribution in [0.15, 0.2) is 88.0 Å². The van der Waals surface area contributed by atoms with Crippen LogP contribution in [0.5, 0.6) is 0 Å². The van der Waals surface area contributed by atoms with Crippen LogP contribution in [0.1, 0.15) is 12.8 Å². The Balaban J connectivity index is -0.000000387. The smallest absolute Gasteiger partial charge is 0.204 e. The first-order valence-corrected chi connectivity index (χ1v) is 13.2. The normalized spacial score (nSPS) is 8.60. The van der Waals surface area contributed by atoms with Gasteiger partial charge < -0.3 is 11.6 Å². The van der Waals surface area contributed by atoms with Gasteiger partial charge in [0.05, 0.1) is 22.2 Å². The van der Waals surface area contributed by atoms with Gasteiger partial charge in [0.15, 0.2) is 0 Å². The first-order valence-electron chi connectivity index (χ1n) is 13.2. The Bertz CT molecular complexity index is 2490. The van der Waals surface area contributed by atoms with Crippen molar-refractivity contribution in [2.24, 2.45) is 32.0 Å². The van der Waals surface area contributed by atoms with Gasteiger partial charge in [0.2, 0.25) is 5.65 Å². The number of allylic oxidation sites excluding steroid dienone is 4. The predicted octanol–water partition coefficient (Wildman–Crippen LogP) is 5.14. The third kappa shape index (κ3) is 12.5. The van der Waals surface area contributed by atoms with Gasteiger partial charge in [-0.1, -0.05) is 42.7 Å². The van der Waals surface area contributed by atoms with Crippen LogP contribution in [-0.4, -0.2) is 30.0 Å². The molecule has 50 heavy (non-hydrogen) atoms. The number of pyridine rings is 1. The first-order chi connectivity index (χ1) is 24.5. The number of nitrogens with two attached hydrogens (primary N) is 2. The lowest BCUT2D eigenvalue weighted by Gasteiger charge is -2.02. The Hall–Kier alpha value is -9.10. The van der Waals surface area contributed by atoms with E-state index in [1.165, 1.54) is 0 Å². The van der Waals surface area contributed by atoms with Crippen LogP contribution in [-0.2, 0) is 0 Å². The standard InChI is InChI=1S/C18H15N7.C18H2.H3N7.5H2/c1-3-4-7-11(2)16-15(14-8-5-6-9-25(14)24-16)13-10-12-17(19)21-23-18(12)22-20-13;1-3-5-7-9-11-13-15-17-18-16-14-12-10-8-6-4-2;1-3-5-7-6-4-2;;;;;/h3-10H,1-2H2,(H3,19,21,22,23);1-2H;(H3,1,2,5,6);5*1H/b7-4-;;;;;;;. The molecule has 0 atom stereocenters. The second-order valence-corrected chi connectivity index (χ2v) is 8.00. The van der Waals surface area contributed by atoms with Gasteiger partial charge in [0, 0.05) is 13.3 Å². The van der Waals surface area contributed by atoms with E-state index >= 15 is 0 Å². The summed E-state index contributed by atoms with van der Waals surface area (Å²) in [6.07, 6.45) is 17.0. The lowest BCUT2D eigenvalue weighted by atomic mass is 10.0. The van der Waals surface area contributed by atoms with E-state index in [-0.39, 0.29) is 7.13 Å². The summed E-state index contributed by atoms with van der Waals surface area (Å²) in [5, 5.41) is 34.1. The molecule has 0 aliphatic heterocycles. The van der Waals surface area contributed by atoms with E-state index in [0.29, 0.717) is 17.2 Å². The molecule has 0 radical (unpaired) electrons. The fourth-order valence-corrected chi connectivity index (χ4v) is 3.21. The average Bonchev–Trinajstić information content (AvgIpc) is 3.71. The van der Waals surface area contributed by atoms with E-state index in [2.05, 4.69) is 165 Å². The molecule has 0 saturated carbocycles. The van der Waals surface area contributed by atoms with Gasteiger partial charge >= 0.3 is 0 Å². The monoisotopic (exact) mass is 658 g/mol. The highest BCUT2D eigenvalue weighted by atomic mass is 15.6. The zero-order chi connectivity index (χ0) is 36.2. The fourth-order valence-electron chi connectivity index (χ4n) is 3.21.